The molecule has 1 heterocycles. The average Bonchev–Trinajstić information content (AvgIpc) is 3.01. The molecule has 2 aromatic rings. The first-order chi connectivity index (χ1) is 11.5. The van der Waals surface area contributed by atoms with Gasteiger partial charge < -0.3 is 0 Å². The summed E-state index contributed by atoms with van der Waals surface area (Å²) < 4.78 is 0. The van der Waals surface area contributed by atoms with Crippen LogP contribution in [-0.2, 0) is 11.2 Å². The number of carbonyl (C=O) groups excluding carboxylic acids is 1. The lowest BCUT2D eigenvalue weighted by molar-refractivity contribution is -0.126. The molecule has 124 valence electrons. The second-order valence-electron chi connectivity index (χ2n) is 5.50. The molecule has 0 saturated carbocycles. The van der Waals surface area contributed by atoms with E-state index in [-0.39, 0.29) is 12.3 Å². The second-order valence-corrected chi connectivity index (χ2v) is 7.38. The minimum Gasteiger partial charge on any atom is -0.290 e. The van der Waals surface area contributed by atoms with Crippen LogP contribution in [0.5, 0.6) is 0 Å². The molecule has 1 aliphatic rings. The number of amides is 1. The van der Waals surface area contributed by atoms with E-state index in [0.29, 0.717) is 16.6 Å². The molecule has 0 unspecified atom stereocenters. The van der Waals surface area contributed by atoms with E-state index in [4.69, 9.17) is 23.2 Å². The molecule has 0 bridgehead atoms. The largest absolute Gasteiger partial charge is 0.290 e. The number of rotatable bonds is 3. The quantitative estimate of drug-likeness (QED) is 0.743. The van der Waals surface area contributed by atoms with Gasteiger partial charge in [-0.1, -0.05) is 59.2 Å². The van der Waals surface area contributed by atoms with Gasteiger partial charge in [-0.15, -0.1) is 0 Å². The van der Waals surface area contributed by atoms with Crippen LogP contribution in [0.2, 0.25) is 10.0 Å². The Balaban J connectivity index is 1.78. The number of benzene rings is 2. The number of hydrogen-bond donors (Lipinski definition) is 0. The summed E-state index contributed by atoms with van der Waals surface area (Å²) in [5.41, 5.74) is 2.84. The van der Waals surface area contributed by atoms with Crippen molar-refractivity contribution in [1.82, 2.24) is 4.90 Å². The van der Waals surface area contributed by atoms with Crippen LogP contribution in [0.4, 0.5) is 5.69 Å². The smallest absolute Gasteiger partial charge is 0.232 e. The molecule has 0 radical (unpaired) electrons. The maximum Gasteiger partial charge on any atom is 0.232 e. The lowest BCUT2D eigenvalue weighted by Crippen LogP contribution is -2.33. The zero-order valence-corrected chi connectivity index (χ0v) is 15.5. The summed E-state index contributed by atoms with van der Waals surface area (Å²) in [7, 11) is 0. The van der Waals surface area contributed by atoms with E-state index in [1.54, 1.807) is 28.8 Å². The fourth-order valence-corrected chi connectivity index (χ4v) is 3.73. The van der Waals surface area contributed by atoms with Crippen molar-refractivity contribution in [2.75, 3.05) is 12.3 Å². The van der Waals surface area contributed by atoms with Gasteiger partial charge in [-0.3, -0.25) is 9.69 Å². The average molecular weight is 379 g/mol. The Morgan fingerprint density at radius 2 is 2.00 bits per heavy atom. The summed E-state index contributed by atoms with van der Waals surface area (Å²) in [6.45, 7) is 2.69. The summed E-state index contributed by atoms with van der Waals surface area (Å²) in [6, 6.07) is 13.2. The number of carbonyl (C=O) groups is 1. The molecule has 1 amide bonds. The highest BCUT2D eigenvalue weighted by Gasteiger charge is 2.26. The van der Waals surface area contributed by atoms with E-state index < -0.39 is 0 Å². The van der Waals surface area contributed by atoms with Crippen molar-refractivity contribution in [2.45, 2.75) is 13.3 Å². The van der Waals surface area contributed by atoms with Crippen LogP contribution in [0.15, 0.2) is 47.5 Å². The Morgan fingerprint density at radius 1 is 1.21 bits per heavy atom. The lowest BCUT2D eigenvalue weighted by Gasteiger charge is -2.16. The van der Waals surface area contributed by atoms with Gasteiger partial charge in [-0.2, -0.15) is 0 Å². The van der Waals surface area contributed by atoms with Crippen LogP contribution < -0.4 is 0 Å². The lowest BCUT2D eigenvalue weighted by atomic mass is 10.1. The van der Waals surface area contributed by atoms with Crippen molar-refractivity contribution >= 4 is 51.7 Å². The number of amidine groups is 1. The van der Waals surface area contributed by atoms with Crippen LogP contribution in [0.3, 0.4) is 0 Å². The molecule has 0 N–H and O–H groups in total. The van der Waals surface area contributed by atoms with Crippen molar-refractivity contribution in [3.05, 3.63) is 63.6 Å². The van der Waals surface area contributed by atoms with Crippen LogP contribution in [-0.4, -0.2) is 28.3 Å². The first kappa shape index (κ1) is 17.3. The highest BCUT2D eigenvalue weighted by atomic mass is 35.5. The van der Waals surface area contributed by atoms with Gasteiger partial charge in [-0.05, 0) is 36.2 Å². The Hall–Kier alpha value is -1.49. The third kappa shape index (κ3) is 3.94. The minimum atomic E-state index is 0.0192. The normalized spacial score (nSPS) is 16.0. The van der Waals surface area contributed by atoms with Crippen molar-refractivity contribution in [2.24, 2.45) is 4.99 Å². The van der Waals surface area contributed by atoms with Crippen molar-refractivity contribution in [3.8, 4) is 0 Å². The van der Waals surface area contributed by atoms with Gasteiger partial charge in [-0.25, -0.2) is 4.99 Å². The molecule has 3 rings (SSSR count). The van der Waals surface area contributed by atoms with Gasteiger partial charge >= 0.3 is 0 Å². The highest BCUT2D eigenvalue weighted by molar-refractivity contribution is 8.14. The SMILES string of the molecule is Cc1ccccc1N=C1SCCN1C(=O)Cc1ccc(Cl)c(Cl)c1. The predicted molar refractivity (Wildman–Crippen MR) is 103 cm³/mol. The third-order valence-corrected chi connectivity index (χ3v) is 5.44. The summed E-state index contributed by atoms with van der Waals surface area (Å²) in [6.07, 6.45) is 0.282. The molecule has 24 heavy (non-hydrogen) atoms. The minimum absolute atomic E-state index is 0.0192. The van der Waals surface area contributed by atoms with E-state index in [2.05, 4.69) is 4.99 Å². The number of hydrogen-bond acceptors (Lipinski definition) is 3. The van der Waals surface area contributed by atoms with Crippen LogP contribution >= 0.6 is 35.0 Å². The number of halogens is 2. The Kier molecular flexibility index (Phi) is 5.49. The van der Waals surface area contributed by atoms with E-state index in [0.717, 1.165) is 27.7 Å². The molecule has 0 spiro atoms. The molecule has 1 saturated heterocycles. The maximum absolute atomic E-state index is 12.7. The number of para-hydroxylation sites is 1. The van der Waals surface area contributed by atoms with Gasteiger partial charge in [0.1, 0.15) is 0 Å². The predicted octanol–water partition coefficient (Wildman–Crippen LogP) is 5.11. The molecule has 6 heteroatoms. The monoisotopic (exact) mass is 378 g/mol. The zero-order valence-electron chi connectivity index (χ0n) is 13.1. The Morgan fingerprint density at radius 3 is 2.75 bits per heavy atom. The maximum atomic E-state index is 12.7. The van der Waals surface area contributed by atoms with Crippen LogP contribution in [0.1, 0.15) is 11.1 Å². The molecule has 1 aliphatic heterocycles. The topological polar surface area (TPSA) is 32.7 Å². The van der Waals surface area contributed by atoms with Crippen LogP contribution in [0, 0.1) is 6.92 Å². The van der Waals surface area contributed by atoms with Crippen molar-refractivity contribution < 1.29 is 4.79 Å². The summed E-state index contributed by atoms with van der Waals surface area (Å²) in [5.74, 6) is 0.878. The van der Waals surface area contributed by atoms with Gasteiger partial charge in [0.05, 0.1) is 22.2 Å². The van der Waals surface area contributed by atoms with Crippen molar-refractivity contribution in [3.63, 3.8) is 0 Å². The Bertz CT molecular complexity index is 807. The Labute approximate surface area is 155 Å². The number of aryl methyl sites for hydroxylation is 1. The first-order valence-corrected chi connectivity index (χ1v) is 9.30. The zero-order chi connectivity index (χ0) is 17.1. The molecule has 3 nitrogen and oxygen atoms in total. The molecule has 0 aromatic heterocycles. The van der Waals surface area contributed by atoms with Crippen molar-refractivity contribution in [1.29, 1.82) is 0 Å². The van der Waals surface area contributed by atoms with E-state index >= 15 is 0 Å². The molecule has 0 aliphatic carbocycles. The van der Waals surface area contributed by atoms with E-state index in [1.165, 1.54) is 0 Å². The molecule has 1 fully saturated rings. The molecule has 2 aromatic carbocycles. The second kappa shape index (κ2) is 7.60. The van der Waals surface area contributed by atoms with Gasteiger partial charge in [0.15, 0.2) is 5.17 Å². The van der Waals surface area contributed by atoms with Crippen LogP contribution in [0.25, 0.3) is 0 Å². The first-order valence-electron chi connectivity index (χ1n) is 7.56. The summed E-state index contributed by atoms with van der Waals surface area (Å²) >= 11 is 13.6. The molecule has 0 atom stereocenters. The van der Waals surface area contributed by atoms with E-state index in [1.807, 2.05) is 37.3 Å². The standard InChI is InChI=1S/C18H16Cl2N2OS/c1-12-4-2-3-5-16(12)21-18-22(8-9-24-18)17(23)11-13-6-7-14(19)15(20)10-13/h2-7,10H,8-9,11H2,1H3. The highest BCUT2D eigenvalue weighted by Crippen LogP contribution is 2.27. The number of aliphatic imine (C=N–C) groups is 1. The van der Waals surface area contributed by atoms with Gasteiger partial charge in [0, 0.05) is 12.3 Å². The van der Waals surface area contributed by atoms with Gasteiger partial charge in [0.25, 0.3) is 0 Å². The number of nitrogens with zero attached hydrogens (tertiary/aromatic N) is 2. The fraction of sp³-hybridized carbons (Fsp3) is 0.222. The fourth-order valence-electron chi connectivity index (χ4n) is 2.44. The van der Waals surface area contributed by atoms with E-state index in [9.17, 15) is 4.79 Å². The third-order valence-electron chi connectivity index (χ3n) is 3.75. The summed E-state index contributed by atoms with van der Waals surface area (Å²) in [4.78, 5) is 19.1. The number of thioether (sulfide) groups is 1. The van der Waals surface area contributed by atoms with Gasteiger partial charge in [0.2, 0.25) is 5.91 Å². The summed E-state index contributed by atoms with van der Waals surface area (Å²) in [5, 5.41) is 1.72. The molecular formula is C18H16Cl2N2OS. The molecular weight excluding hydrogens is 363 g/mol.